The molecule has 2 aliphatic rings. The van der Waals surface area contributed by atoms with Gasteiger partial charge in [0.05, 0.1) is 5.69 Å². The summed E-state index contributed by atoms with van der Waals surface area (Å²) in [7, 11) is 0. The molecule has 0 spiro atoms. The Kier molecular flexibility index (Phi) is 13.6. The summed E-state index contributed by atoms with van der Waals surface area (Å²) >= 11 is 0. The first-order valence-electron chi connectivity index (χ1n) is 23.3. The van der Waals surface area contributed by atoms with E-state index in [4.69, 9.17) is 10.2 Å². The summed E-state index contributed by atoms with van der Waals surface area (Å²) in [6.07, 6.45) is 13.4. The van der Waals surface area contributed by atoms with E-state index in [2.05, 4.69) is 225 Å². The van der Waals surface area contributed by atoms with Crippen molar-refractivity contribution in [1.29, 1.82) is 0 Å². The zero-order chi connectivity index (χ0) is 47.7. The van der Waals surface area contributed by atoms with Gasteiger partial charge in [-0.15, -0.1) is 0 Å². The molecule has 4 nitrogen and oxygen atoms in total. The molecule has 0 amide bonds. The molecule has 0 radical (unpaired) electrons. The van der Waals surface area contributed by atoms with Gasteiger partial charge in [0.2, 0.25) is 0 Å². The number of allylic oxidation sites excluding steroid dienone is 3. The number of rotatable bonds is 7. The van der Waals surface area contributed by atoms with Gasteiger partial charge in [0.1, 0.15) is 11.5 Å². The fourth-order valence-electron chi connectivity index (χ4n) is 9.51. The molecule has 2 aliphatic carbocycles. The van der Waals surface area contributed by atoms with Crippen LogP contribution < -0.4 is 20.2 Å². The van der Waals surface area contributed by atoms with Crippen molar-refractivity contribution in [2.75, 3.05) is 9.80 Å². The van der Waals surface area contributed by atoms with Gasteiger partial charge in [-0.25, -0.2) is 0 Å². The van der Waals surface area contributed by atoms with E-state index < -0.39 is 0 Å². The zero-order valence-corrected chi connectivity index (χ0v) is 39.2. The molecule has 0 fully saturated rings. The highest BCUT2D eigenvalue weighted by Gasteiger charge is 2.29. The lowest BCUT2D eigenvalue weighted by molar-refractivity contribution is 0.475. The molecule has 9 aromatic rings. The van der Waals surface area contributed by atoms with Crippen LogP contribution >= 0.6 is 0 Å². The molecular formula is C65H54N2O2. The summed E-state index contributed by atoms with van der Waals surface area (Å²) in [5.74, 6) is 0.644. The van der Waals surface area contributed by atoms with Crippen LogP contribution in [0.4, 0.5) is 28.4 Å². The minimum Gasteiger partial charge on any atom is -0.508 e. The summed E-state index contributed by atoms with van der Waals surface area (Å²) in [5.41, 5.74) is 19.4. The zero-order valence-electron chi connectivity index (χ0n) is 39.2. The molecule has 0 unspecified atom stereocenters. The van der Waals surface area contributed by atoms with E-state index >= 15 is 0 Å². The fraction of sp³-hybridized carbons (Fsp3) is 0.0462. The molecule has 0 aliphatic heterocycles. The first-order valence-corrected chi connectivity index (χ1v) is 23.3. The van der Waals surface area contributed by atoms with Gasteiger partial charge in [0, 0.05) is 34.5 Å². The van der Waals surface area contributed by atoms with E-state index in [0.29, 0.717) is 11.5 Å². The van der Waals surface area contributed by atoms with Crippen molar-refractivity contribution in [3.63, 3.8) is 0 Å². The molecular weight excluding hydrogens is 841 g/mol. The summed E-state index contributed by atoms with van der Waals surface area (Å²) in [5, 5.41) is 19.6. The third kappa shape index (κ3) is 9.42. The van der Waals surface area contributed by atoms with Crippen molar-refractivity contribution >= 4 is 52.4 Å². The van der Waals surface area contributed by atoms with Crippen LogP contribution in [0.5, 0.6) is 11.5 Å². The molecule has 4 heteroatoms. The number of phenolic OH excluding ortho intramolecular Hbond substituents is 2. The second kappa shape index (κ2) is 20.8. The van der Waals surface area contributed by atoms with Crippen LogP contribution in [-0.4, -0.2) is 10.2 Å². The first-order chi connectivity index (χ1) is 33.8. The van der Waals surface area contributed by atoms with Crippen molar-refractivity contribution in [2.24, 2.45) is 0 Å². The highest BCUT2D eigenvalue weighted by molar-refractivity contribution is 6.02. The van der Waals surface area contributed by atoms with Gasteiger partial charge in [0.15, 0.2) is 0 Å². The molecule has 11 rings (SSSR count). The summed E-state index contributed by atoms with van der Waals surface area (Å²) in [6.45, 7) is 11.3. The third-order valence-electron chi connectivity index (χ3n) is 12.7. The summed E-state index contributed by atoms with van der Waals surface area (Å²) in [4.78, 5) is 4.66. The van der Waals surface area contributed by atoms with E-state index in [1.807, 2.05) is 12.1 Å². The second-order valence-corrected chi connectivity index (χ2v) is 16.9. The summed E-state index contributed by atoms with van der Waals surface area (Å²) < 4.78 is 0. The van der Waals surface area contributed by atoms with Gasteiger partial charge in [-0.1, -0.05) is 170 Å². The Balaban J connectivity index is 0.000000364. The maximum absolute atomic E-state index is 8.63. The molecule has 0 heterocycles. The number of fused-ring (bicyclic) bond motifs is 7. The number of nitrogens with zero attached hydrogens (tertiary/aromatic N) is 2. The quantitative estimate of drug-likeness (QED) is 0.167. The van der Waals surface area contributed by atoms with Crippen LogP contribution in [0.1, 0.15) is 33.4 Å². The number of hydrogen-bond acceptors (Lipinski definition) is 4. The first kappa shape index (κ1) is 45.3. The molecule has 336 valence electrons. The average Bonchev–Trinajstić information content (AvgIpc) is 3.76. The number of hydrogen-bond donors (Lipinski definition) is 2. The van der Waals surface area contributed by atoms with E-state index in [1.54, 1.807) is 48.5 Å². The summed E-state index contributed by atoms with van der Waals surface area (Å²) in [6, 6.07) is 71.3. The van der Waals surface area contributed by atoms with Crippen LogP contribution in [0.3, 0.4) is 0 Å². The van der Waals surface area contributed by atoms with Crippen LogP contribution in [-0.2, 0) is 0 Å². The molecule has 0 saturated heterocycles. The maximum Gasteiger partial charge on any atom is 0.115 e. The van der Waals surface area contributed by atoms with Crippen LogP contribution in [0.2, 0.25) is 0 Å². The minimum atomic E-state index is 0.322. The van der Waals surface area contributed by atoms with Gasteiger partial charge in [-0.2, -0.15) is 0 Å². The number of para-hydroxylation sites is 6. The lowest BCUT2D eigenvalue weighted by atomic mass is 9.81. The molecule has 0 aromatic heterocycles. The van der Waals surface area contributed by atoms with Crippen molar-refractivity contribution in [3.05, 3.63) is 281 Å². The Bertz CT molecular complexity index is 3310. The van der Waals surface area contributed by atoms with Gasteiger partial charge >= 0.3 is 0 Å². The van der Waals surface area contributed by atoms with Gasteiger partial charge in [-0.3, -0.25) is 0 Å². The largest absolute Gasteiger partial charge is 0.508 e. The number of benzene rings is 9. The van der Waals surface area contributed by atoms with E-state index in [1.165, 1.54) is 66.4 Å². The Hall–Kier alpha value is -8.86. The smallest absolute Gasteiger partial charge is 0.115 e. The monoisotopic (exact) mass is 894 g/mol. The lowest BCUT2D eigenvalue weighted by Gasteiger charge is -2.29. The van der Waals surface area contributed by atoms with Crippen LogP contribution in [0, 0.1) is 20.8 Å². The number of anilines is 5. The number of phenols is 2. The fourth-order valence-corrected chi connectivity index (χ4v) is 9.51. The van der Waals surface area contributed by atoms with Crippen LogP contribution in [0.25, 0.3) is 46.2 Å². The predicted molar refractivity (Wildman–Crippen MR) is 292 cm³/mol. The van der Waals surface area contributed by atoms with Gasteiger partial charge in [0.25, 0.3) is 0 Å². The number of aromatic hydroxyl groups is 2. The predicted octanol–water partition coefficient (Wildman–Crippen LogP) is 15.5. The molecule has 2 N–H and O–H groups in total. The Morgan fingerprint density at radius 2 is 0.870 bits per heavy atom. The Labute approximate surface area is 406 Å². The van der Waals surface area contributed by atoms with Crippen molar-refractivity contribution in [1.82, 2.24) is 0 Å². The second-order valence-electron chi connectivity index (χ2n) is 16.9. The third-order valence-corrected chi connectivity index (χ3v) is 12.7. The molecule has 69 heavy (non-hydrogen) atoms. The molecule has 9 aromatic carbocycles. The van der Waals surface area contributed by atoms with Crippen molar-refractivity contribution < 1.29 is 10.2 Å². The molecule has 0 atom stereocenters. The average molecular weight is 895 g/mol. The minimum absolute atomic E-state index is 0.322. The van der Waals surface area contributed by atoms with E-state index in [0.717, 1.165) is 33.7 Å². The van der Waals surface area contributed by atoms with Gasteiger partial charge in [-0.05, 0) is 166 Å². The van der Waals surface area contributed by atoms with E-state index in [-0.39, 0.29) is 0 Å². The molecule has 2 bridgehead atoms. The Morgan fingerprint density at radius 3 is 1.33 bits per heavy atom. The molecule has 0 saturated carbocycles. The standard InChI is InChI=1S/C53H42N2.2C6H6O/c1-5-44-52-38(4)50-46(31-19-18-30-45-36(2)47(50)33-34-49(45)55(42-26-14-8-15-27-42)43-28-16-9-17-29-43)37(3)51(52)48-32-20-21-39(53(44)48)35-54(40-22-10-6-11-23-40)41-24-12-7-13-25-41;2*7-6-4-2-1-3-5-6/h5-35H,1H2,2-4H3;2*1-5,7H/b30-18?,31-19?,39-35+;;. The van der Waals surface area contributed by atoms with Crippen molar-refractivity contribution in [2.45, 2.75) is 20.8 Å². The van der Waals surface area contributed by atoms with E-state index in [9.17, 15) is 0 Å². The van der Waals surface area contributed by atoms with Gasteiger partial charge < -0.3 is 20.0 Å². The van der Waals surface area contributed by atoms with Crippen molar-refractivity contribution in [3.8, 4) is 33.8 Å². The normalized spacial score (nSPS) is 11.8. The SMILES string of the molecule is C=CC1=c2c(ccc/c2=C\N(c2ccccc2)c2ccccc2)-c2c(C)c3c(c(C)c21)-c1ccc(N(c2ccccc2)c2ccccc2)c(c1C)C=CC=C3.Oc1ccccc1.Oc1ccccc1. The maximum atomic E-state index is 8.63. The topological polar surface area (TPSA) is 46.9 Å². The Morgan fingerprint density at radius 1 is 0.406 bits per heavy atom. The highest BCUT2D eigenvalue weighted by Crippen LogP contribution is 2.48. The highest BCUT2D eigenvalue weighted by atomic mass is 16.3. The van der Waals surface area contributed by atoms with Crippen LogP contribution in [0.15, 0.2) is 237 Å². The lowest BCUT2D eigenvalue weighted by Crippen LogP contribution is -2.29.